The van der Waals surface area contributed by atoms with Gasteiger partial charge in [-0.3, -0.25) is 4.90 Å². The van der Waals surface area contributed by atoms with Crippen LogP contribution in [-0.4, -0.2) is 64.6 Å². The van der Waals surface area contributed by atoms with E-state index in [0.29, 0.717) is 0 Å². The van der Waals surface area contributed by atoms with Crippen molar-refractivity contribution in [1.29, 1.82) is 0 Å². The van der Waals surface area contributed by atoms with Gasteiger partial charge in [0.2, 0.25) is 0 Å². The lowest BCUT2D eigenvalue weighted by atomic mass is 9.90. The van der Waals surface area contributed by atoms with Crippen molar-refractivity contribution in [2.75, 3.05) is 39.3 Å². The zero-order valence-electron chi connectivity index (χ0n) is 11.6. The van der Waals surface area contributed by atoms with E-state index in [4.69, 9.17) is 4.74 Å². The molecule has 1 N–H and O–H groups in total. The Hall–Kier alpha value is -0.980. The molecule has 2 saturated heterocycles. The number of nitrogens with one attached hydrogen (secondary N) is 1. The van der Waals surface area contributed by atoms with E-state index in [-0.39, 0.29) is 5.60 Å². The lowest BCUT2D eigenvalue weighted by Gasteiger charge is -2.45. The van der Waals surface area contributed by atoms with Gasteiger partial charge in [-0.25, -0.2) is 0 Å². The summed E-state index contributed by atoms with van der Waals surface area (Å²) in [7, 11) is 0. The number of aromatic nitrogens is 3. The first-order valence-electron chi connectivity index (χ1n) is 7.19. The molecule has 19 heavy (non-hydrogen) atoms. The van der Waals surface area contributed by atoms with Crippen LogP contribution in [0.2, 0.25) is 0 Å². The minimum Gasteiger partial charge on any atom is -0.372 e. The van der Waals surface area contributed by atoms with E-state index in [1.165, 1.54) is 0 Å². The molecule has 0 aromatic carbocycles. The minimum absolute atomic E-state index is 0.103. The number of morpholine rings is 1. The molecule has 6 heteroatoms. The average molecular weight is 265 g/mol. The lowest BCUT2D eigenvalue weighted by Crippen LogP contribution is -2.56. The summed E-state index contributed by atoms with van der Waals surface area (Å²) in [4.78, 5) is 2.52. The highest BCUT2D eigenvalue weighted by Crippen LogP contribution is 2.27. The van der Waals surface area contributed by atoms with Gasteiger partial charge in [0.25, 0.3) is 0 Å². The summed E-state index contributed by atoms with van der Waals surface area (Å²) in [6.07, 6.45) is 4.08. The molecule has 106 valence electrons. The van der Waals surface area contributed by atoms with Crippen LogP contribution in [0.25, 0.3) is 0 Å². The summed E-state index contributed by atoms with van der Waals surface area (Å²) in [5, 5.41) is 11.4. The minimum atomic E-state index is 0.103. The van der Waals surface area contributed by atoms with Crippen LogP contribution in [0.15, 0.2) is 6.33 Å². The van der Waals surface area contributed by atoms with Crippen molar-refractivity contribution < 1.29 is 4.74 Å². The molecule has 3 heterocycles. The van der Waals surface area contributed by atoms with E-state index >= 15 is 0 Å². The van der Waals surface area contributed by atoms with E-state index in [1.54, 1.807) is 0 Å². The fraction of sp³-hybridized carbons (Fsp3) is 0.846. The van der Waals surface area contributed by atoms with E-state index in [9.17, 15) is 0 Å². The highest BCUT2D eigenvalue weighted by atomic mass is 16.5. The normalized spacial score (nSPS) is 23.8. The summed E-state index contributed by atoms with van der Waals surface area (Å²) >= 11 is 0. The van der Waals surface area contributed by atoms with Crippen LogP contribution < -0.4 is 5.32 Å². The smallest absolute Gasteiger partial charge is 0.129 e. The predicted molar refractivity (Wildman–Crippen MR) is 72.0 cm³/mol. The zero-order chi connectivity index (χ0) is 13.1. The van der Waals surface area contributed by atoms with E-state index in [2.05, 4.69) is 25.0 Å². The van der Waals surface area contributed by atoms with Crippen LogP contribution in [0.3, 0.4) is 0 Å². The molecule has 0 radical (unpaired) electrons. The van der Waals surface area contributed by atoms with Gasteiger partial charge in [-0.1, -0.05) is 0 Å². The molecule has 0 unspecified atom stereocenters. The maximum atomic E-state index is 6.08. The molecule has 0 atom stereocenters. The predicted octanol–water partition coefficient (Wildman–Crippen LogP) is 0.0409. The lowest BCUT2D eigenvalue weighted by molar-refractivity contribution is -0.123. The SMILES string of the molecule is Cc1nncn1CCN1CCOC2(CCNCC2)C1. The topological polar surface area (TPSA) is 55.2 Å². The van der Waals surface area contributed by atoms with E-state index in [0.717, 1.165) is 64.5 Å². The van der Waals surface area contributed by atoms with Gasteiger partial charge in [0, 0.05) is 26.2 Å². The maximum absolute atomic E-state index is 6.08. The zero-order valence-corrected chi connectivity index (χ0v) is 11.6. The second kappa shape index (κ2) is 5.56. The molecule has 2 aliphatic heterocycles. The van der Waals surface area contributed by atoms with Crippen molar-refractivity contribution in [1.82, 2.24) is 25.0 Å². The molecule has 0 aliphatic carbocycles. The molecule has 2 aliphatic rings. The third-order valence-electron chi connectivity index (χ3n) is 4.31. The Bertz CT molecular complexity index is 407. The molecule has 0 saturated carbocycles. The van der Waals surface area contributed by atoms with Crippen LogP contribution in [0.1, 0.15) is 18.7 Å². The van der Waals surface area contributed by atoms with E-state index in [1.807, 2.05) is 13.3 Å². The van der Waals surface area contributed by atoms with Gasteiger partial charge >= 0.3 is 0 Å². The first kappa shape index (κ1) is 13.0. The van der Waals surface area contributed by atoms with Gasteiger partial charge in [-0.2, -0.15) is 0 Å². The highest BCUT2D eigenvalue weighted by molar-refractivity contribution is 4.92. The van der Waals surface area contributed by atoms with Crippen molar-refractivity contribution in [2.24, 2.45) is 0 Å². The number of piperidine rings is 1. The average Bonchev–Trinajstić information content (AvgIpc) is 2.83. The van der Waals surface area contributed by atoms with Crippen molar-refractivity contribution in [2.45, 2.75) is 31.9 Å². The molecule has 1 aromatic rings. The van der Waals surface area contributed by atoms with Crippen LogP contribution >= 0.6 is 0 Å². The maximum Gasteiger partial charge on any atom is 0.129 e. The standard InChI is InChI=1S/C13H23N5O/c1-12-16-15-11-18(12)7-6-17-8-9-19-13(10-17)2-4-14-5-3-13/h11,14H,2-10H2,1H3. The Labute approximate surface area is 114 Å². The van der Waals surface area contributed by atoms with Crippen molar-refractivity contribution in [3.8, 4) is 0 Å². The van der Waals surface area contributed by atoms with Gasteiger partial charge in [0.15, 0.2) is 0 Å². The summed E-state index contributed by atoms with van der Waals surface area (Å²) < 4.78 is 8.20. The molecule has 0 bridgehead atoms. The molecule has 1 aromatic heterocycles. The van der Waals surface area contributed by atoms with Crippen molar-refractivity contribution in [3.05, 3.63) is 12.2 Å². The van der Waals surface area contributed by atoms with Crippen LogP contribution in [0.4, 0.5) is 0 Å². The Morgan fingerprint density at radius 2 is 2.21 bits per heavy atom. The van der Waals surface area contributed by atoms with Gasteiger partial charge in [-0.15, -0.1) is 10.2 Å². The largest absolute Gasteiger partial charge is 0.372 e. The Morgan fingerprint density at radius 1 is 1.37 bits per heavy atom. The highest BCUT2D eigenvalue weighted by Gasteiger charge is 2.37. The first-order valence-corrected chi connectivity index (χ1v) is 7.19. The summed E-state index contributed by atoms with van der Waals surface area (Å²) in [6.45, 7) is 9.15. The summed E-state index contributed by atoms with van der Waals surface area (Å²) in [6, 6.07) is 0. The Morgan fingerprint density at radius 3 is 2.95 bits per heavy atom. The molecule has 3 rings (SSSR count). The molecule has 2 fully saturated rings. The fourth-order valence-electron chi connectivity index (χ4n) is 3.08. The Balaban J connectivity index is 1.55. The van der Waals surface area contributed by atoms with Gasteiger partial charge in [0.05, 0.1) is 12.2 Å². The van der Waals surface area contributed by atoms with E-state index < -0.39 is 0 Å². The quantitative estimate of drug-likeness (QED) is 0.836. The number of ether oxygens (including phenoxy) is 1. The van der Waals surface area contributed by atoms with Crippen molar-refractivity contribution in [3.63, 3.8) is 0 Å². The number of nitrogens with zero attached hydrogens (tertiary/aromatic N) is 4. The molecular weight excluding hydrogens is 242 g/mol. The third-order valence-corrected chi connectivity index (χ3v) is 4.31. The van der Waals surface area contributed by atoms with Gasteiger partial charge in [0.1, 0.15) is 12.2 Å². The monoisotopic (exact) mass is 265 g/mol. The summed E-state index contributed by atoms with van der Waals surface area (Å²) in [5.41, 5.74) is 0.103. The third kappa shape index (κ3) is 2.96. The molecule has 1 spiro atoms. The molecule has 6 nitrogen and oxygen atoms in total. The van der Waals surface area contributed by atoms with Crippen LogP contribution in [-0.2, 0) is 11.3 Å². The summed E-state index contributed by atoms with van der Waals surface area (Å²) in [5.74, 6) is 0.991. The number of hydrogen-bond acceptors (Lipinski definition) is 5. The number of hydrogen-bond donors (Lipinski definition) is 1. The van der Waals surface area contributed by atoms with Gasteiger partial charge < -0.3 is 14.6 Å². The number of aryl methyl sites for hydroxylation is 1. The van der Waals surface area contributed by atoms with Crippen LogP contribution in [0.5, 0.6) is 0 Å². The second-order valence-electron chi connectivity index (χ2n) is 5.63. The number of rotatable bonds is 3. The Kier molecular flexibility index (Phi) is 3.81. The van der Waals surface area contributed by atoms with Crippen LogP contribution in [0, 0.1) is 6.92 Å². The fourth-order valence-corrected chi connectivity index (χ4v) is 3.08. The second-order valence-corrected chi connectivity index (χ2v) is 5.63. The first-order chi connectivity index (χ1) is 9.27. The molecule has 0 amide bonds. The van der Waals surface area contributed by atoms with Gasteiger partial charge in [-0.05, 0) is 32.9 Å². The van der Waals surface area contributed by atoms with Crippen molar-refractivity contribution >= 4 is 0 Å². The molecular formula is C13H23N5O.